The van der Waals surface area contributed by atoms with Gasteiger partial charge in [0, 0.05) is 25.0 Å². The van der Waals surface area contributed by atoms with E-state index < -0.39 is 0 Å². The van der Waals surface area contributed by atoms with Crippen LogP contribution in [0, 0.1) is 5.82 Å². The van der Waals surface area contributed by atoms with Gasteiger partial charge in [0.05, 0.1) is 0 Å². The van der Waals surface area contributed by atoms with Gasteiger partial charge in [-0.05, 0) is 42.4 Å². The Morgan fingerprint density at radius 3 is 2.42 bits per heavy atom. The number of hydrogen-bond donors (Lipinski definition) is 1. The van der Waals surface area contributed by atoms with Gasteiger partial charge in [-0.1, -0.05) is 25.1 Å². The lowest BCUT2D eigenvalue weighted by atomic mass is 10.2. The zero-order valence-electron chi connectivity index (χ0n) is 11.4. The van der Waals surface area contributed by atoms with Crippen LogP contribution in [-0.4, -0.2) is 13.6 Å². The SMILES string of the molecule is CCNCc1ccc(N(C)c2cccc(F)c2)cc1. The molecule has 0 fully saturated rings. The molecule has 100 valence electrons. The summed E-state index contributed by atoms with van der Waals surface area (Å²) in [5.74, 6) is -0.215. The molecule has 19 heavy (non-hydrogen) atoms. The summed E-state index contributed by atoms with van der Waals surface area (Å²) in [6, 6.07) is 14.9. The summed E-state index contributed by atoms with van der Waals surface area (Å²) in [6.45, 7) is 3.93. The Hall–Kier alpha value is -1.87. The molecule has 0 saturated heterocycles. The van der Waals surface area contributed by atoms with E-state index in [1.807, 2.05) is 18.0 Å². The normalized spacial score (nSPS) is 10.5. The van der Waals surface area contributed by atoms with Crippen LogP contribution in [0.15, 0.2) is 48.5 Å². The third kappa shape index (κ3) is 3.55. The molecule has 1 N–H and O–H groups in total. The highest BCUT2D eigenvalue weighted by molar-refractivity contribution is 5.62. The van der Waals surface area contributed by atoms with E-state index in [-0.39, 0.29) is 5.82 Å². The van der Waals surface area contributed by atoms with Gasteiger partial charge in [-0.3, -0.25) is 0 Å². The Morgan fingerprint density at radius 1 is 1.05 bits per heavy atom. The molecule has 0 amide bonds. The summed E-state index contributed by atoms with van der Waals surface area (Å²) >= 11 is 0. The predicted octanol–water partition coefficient (Wildman–Crippen LogP) is 3.70. The minimum atomic E-state index is -0.215. The molecule has 2 nitrogen and oxygen atoms in total. The molecule has 0 saturated carbocycles. The van der Waals surface area contributed by atoms with Crippen LogP contribution in [0.3, 0.4) is 0 Å². The molecule has 0 bridgehead atoms. The molecule has 0 aliphatic heterocycles. The molecule has 2 rings (SSSR count). The first kappa shape index (κ1) is 13.6. The molecule has 0 atom stereocenters. The topological polar surface area (TPSA) is 15.3 Å². The van der Waals surface area contributed by atoms with Gasteiger partial charge < -0.3 is 10.2 Å². The largest absolute Gasteiger partial charge is 0.345 e. The van der Waals surface area contributed by atoms with Crippen molar-refractivity contribution >= 4 is 11.4 Å². The molecule has 0 aliphatic carbocycles. The quantitative estimate of drug-likeness (QED) is 0.879. The zero-order chi connectivity index (χ0) is 13.7. The van der Waals surface area contributed by atoms with Crippen molar-refractivity contribution < 1.29 is 4.39 Å². The maximum atomic E-state index is 13.2. The van der Waals surface area contributed by atoms with Crippen molar-refractivity contribution in [3.8, 4) is 0 Å². The van der Waals surface area contributed by atoms with Crippen LogP contribution in [0.2, 0.25) is 0 Å². The number of anilines is 2. The lowest BCUT2D eigenvalue weighted by Gasteiger charge is -2.19. The van der Waals surface area contributed by atoms with E-state index in [2.05, 4.69) is 36.5 Å². The Morgan fingerprint density at radius 2 is 1.79 bits per heavy atom. The van der Waals surface area contributed by atoms with Gasteiger partial charge in [0.2, 0.25) is 0 Å². The van der Waals surface area contributed by atoms with Gasteiger partial charge in [-0.25, -0.2) is 4.39 Å². The molecule has 0 aromatic heterocycles. The maximum Gasteiger partial charge on any atom is 0.125 e. The van der Waals surface area contributed by atoms with Crippen LogP contribution < -0.4 is 10.2 Å². The smallest absolute Gasteiger partial charge is 0.125 e. The second kappa shape index (κ2) is 6.34. The molecule has 0 unspecified atom stereocenters. The average molecular weight is 258 g/mol. The van der Waals surface area contributed by atoms with Crippen LogP contribution in [0.25, 0.3) is 0 Å². The number of hydrogen-bond acceptors (Lipinski definition) is 2. The van der Waals surface area contributed by atoms with Gasteiger partial charge in [0.1, 0.15) is 5.82 Å². The minimum absolute atomic E-state index is 0.215. The second-order valence-corrected chi connectivity index (χ2v) is 4.49. The van der Waals surface area contributed by atoms with Crippen molar-refractivity contribution in [3.63, 3.8) is 0 Å². The highest BCUT2D eigenvalue weighted by atomic mass is 19.1. The van der Waals surface area contributed by atoms with E-state index in [1.54, 1.807) is 6.07 Å². The predicted molar refractivity (Wildman–Crippen MR) is 78.3 cm³/mol. The Kier molecular flexibility index (Phi) is 4.53. The third-order valence-electron chi connectivity index (χ3n) is 3.10. The van der Waals surface area contributed by atoms with Gasteiger partial charge in [-0.15, -0.1) is 0 Å². The third-order valence-corrected chi connectivity index (χ3v) is 3.10. The fourth-order valence-electron chi connectivity index (χ4n) is 1.94. The van der Waals surface area contributed by atoms with Crippen molar-refractivity contribution in [2.24, 2.45) is 0 Å². The van der Waals surface area contributed by atoms with Gasteiger partial charge in [0.25, 0.3) is 0 Å². The van der Waals surface area contributed by atoms with E-state index in [1.165, 1.54) is 17.7 Å². The average Bonchev–Trinajstić information content (AvgIpc) is 2.45. The van der Waals surface area contributed by atoms with Crippen LogP contribution in [-0.2, 0) is 6.54 Å². The first-order valence-corrected chi connectivity index (χ1v) is 6.49. The lowest BCUT2D eigenvalue weighted by molar-refractivity contribution is 0.628. The van der Waals surface area contributed by atoms with Crippen LogP contribution in [0.4, 0.5) is 15.8 Å². The molecular weight excluding hydrogens is 239 g/mol. The molecule has 0 heterocycles. The number of nitrogens with zero attached hydrogens (tertiary/aromatic N) is 1. The second-order valence-electron chi connectivity index (χ2n) is 4.49. The van der Waals surface area contributed by atoms with E-state index in [4.69, 9.17) is 0 Å². The Labute approximate surface area is 113 Å². The Balaban J connectivity index is 2.13. The minimum Gasteiger partial charge on any atom is -0.345 e. The molecule has 0 spiro atoms. The van der Waals surface area contributed by atoms with Crippen molar-refractivity contribution in [1.29, 1.82) is 0 Å². The number of nitrogens with one attached hydrogen (secondary N) is 1. The first-order valence-electron chi connectivity index (χ1n) is 6.49. The highest BCUT2D eigenvalue weighted by Gasteiger charge is 2.04. The molecule has 2 aromatic carbocycles. The van der Waals surface area contributed by atoms with E-state index in [9.17, 15) is 4.39 Å². The molecular formula is C16H19FN2. The molecule has 0 radical (unpaired) electrons. The van der Waals surface area contributed by atoms with Crippen molar-refractivity contribution in [3.05, 3.63) is 59.9 Å². The summed E-state index contributed by atoms with van der Waals surface area (Å²) < 4.78 is 13.2. The Bertz CT molecular complexity index is 523. The lowest BCUT2D eigenvalue weighted by Crippen LogP contribution is -2.12. The zero-order valence-corrected chi connectivity index (χ0v) is 11.4. The number of benzene rings is 2. The number of rotatable bonds is 5. The summed E-state index contributed by atoms with van der Waals surface area (Å²) in [7, 11) is 1.94. The van der Waals surface area contributed by atoms with E-state index >= 15 is 0 Å². The van der Waals surface area contributed by atoms with E-state index in [0.717, 1.165) is 24.5 Å². The first-order chi connectivity index (χ1) is 9.20. The summed E-state index contributed by atoms with van der Waals surface area (Å²) in [5.41, 5.74) is 3.14. The van der Waals surface area contributed by atoms with Crippen LogP contribution in [0.1, 0.15) is 12.5 Å². The summed E-state index contributed by atoms with van der Waals surface area (Å²) in [6.07, 6.45) is 0. The summed E-state index contributed by atoms with van der Waals surface area (Å²) in [4.78, 5) is 1.97. The van der Waals surface area contributed by atoms with Crippen molar-refractivity contribution in [2.45, 2.75) is 13.5 Å². The summed E-state index contributed by atoms with van der Waals surface area (Å²) in [5, 5.41) is 3.29. The fourth-order valence-corrected chi connectivity index (χ4v) is 1.94. The number of halogens is 1. The van der Waals surface area contributed by atoms with Gasteiger partial charge >= 0.3 is 0 Å². The fraction of sp³-hybridized carbons (Fsp3) is 0.250. The molecule has 2 aromatic rings. The highest BCUT2D eigenvalue weighted by Crippen LogP contribution is 2.24. The maximum absolute atomic E-state index is 13.2. The van der Waals surface area contributed by atoms with Crippen LogP contribution >= 0.6 is 0 Å². The molecule has 0 aliphatic rings. The van der Waals surface area contributed by atoms with E-state index in [0.29, 0.717) is 0 Å². The monoisotopic (exact) mass is 258 g/mol. The van der Waals surface area contributed by atoms with Gasteiger partial charge in [-0.2, -0.15) is 0 Å². The van der Waals surface area contributed by atoms with Gasteiger partial charge in [0.15, 0.2) is 0 Å². The molecule has 3 heteroatoms. The van der Waals surface area contributed by atoms with Crippen molar-refractivity contribution in [1.82, 2.24) is 5.32 Å². The standard InChI is InChI=1S/C16H19FN2/c1-3-18-12-13-7-9-15(10-8-13)19(2)16-6-4-5-14(17)11-16/h4-11,18H,3,12H2,1-2H3. The van der Waals surface area contributed by atoms with Crippen LogP contribution in [0.5, 0.6) is 0 Å². The van der Waals surface area contributed by atoms with Crippen molar-refractivity contribution in [2.75, 3.05) is 18.5 Å².